The summed E-state index contributed by atoms with van der Waals surface area (Å²) in [6.07, 6.45) is 8.75. The minimum atomic E-state index is -0.420. The molecular formula is C18H34N2O2. The van der Waals surface area contributed by atoms with Crippen molar-refractivity contribution in [2.24, 2.45) is 11.8 Å². The molecule has 0 radical (unpaired) electrons. The molecule has 0 aromatic rings. The molecule has 2 atom stereocenters. The van der Waals surface area contributed by atoms with Crippen LogP contribution in [0.4, 0.5) is 4.79 Å². The van der Waals surface area contributed by atoms with E-state index in [0.717, 1.165) is 12.5 Å². The fourth-order valence-electron chi connectivity index (χ4n) is 3.76. The smallest absolute Gasteiger partial charge is 0.407 e. The van der Waals surface area contributed by atoms with Crippen molar-refractivity contribution in [3.63, 3.8) is 0 Å². The van der Waals surface area contributed by atoms with E-state index in [2.05, 4.69) is 17.6 Å². The van der Waals surface area contributed by atoms with Crippen LogP contribution in [-0.4, -0.2) is 30.3 Å². The number of hydrogen-bond donors (Lipinski definition) is 2. The van der Waals surface area contributed by atoms with Crippen molar-refractivity contribution in [3.8, 4) is 0 Å². The monoisotopic (exact) mass is 310 g/mol. The molecule has 0 aromatic heterocycles. The Balaban J connectivity index is 1.72. The van der Waals surface area contributed by atoms with Gasteiger partial charge in [0.15, 0.2) is 0 Å². The Morgan fingerprint density at radius 3 is 2.41 bits per heavy atom. The molecule has 0 aromatic carbocycles. The topological polar surface area (TPSA) is 50.4 Å². The fourth-order valence-corrected chi connectivity index (χ4v) is 3.76. The molecule has 2 fully saturated rings. The van der Waals surface area contributed by atoms with Crippen molar-refractivity contribution < 1.29 is 9.53 Å². The van der Waals surface area contributed by atoms with Gasteiger partial charge in [-0.3, -0.25) is 0 Å². The third-order valence-corrected chi connectivity index (χ3v) is 5.03. The third-order valence-electron chi connectivity index (χ3n) is 5.03. The number of carbonyl (C=O) groups is 1. The summed E-state index contributed by atoms with van der Waals surface area (Å²) in [6, 6.07) is 1.25. The highest BCUT2D eigenvalue weighted by molar-refractivity contribution is 5.67. The van der Waals surface area contributed by atoms with Crippen molar-refractivity contribution in [1.29, 1.82) is 0 Å². The summed E-state index contributed by atoms with van der Waals surface area (Å²) in [7, 11) is 0. The van der Waals surface area contributed by atoms with E-state index >= 15 is 0 Å². The molecule has 0 saturated heterocycles. The normalized spacial score (nSPS) is 32.7. The summed E-state index contributed by atoms with van der Waals surface area (Å²) in [5, 5.41) is 6.82. The molecule has 1 amide bonds. The number of hydrogen-bond acceptors (Lipinski definition) is 3. The molecule has 4 heteroatoms. The van der Waals surface area contributed by atoms with E-state index in [-0.39, 0.29) is 6.09 Å². The van der Waals surface area contributed by atoms with Gasteiger partial charge in [-0.15, -0.1) is 0 Å². The van der Waals surface area contributed by atoms with Crippen LogP contribution in [0.2, 0.25) is 0 Å². The molecule has 0 aliphatic heterocycles. The largest absolute Gasteiger partial charge is 0.444 e. The van der Waals surface area contributed by atoms with E-state index in [1.54, 1.807) is 0 Å². The molecule has 0 spiro atoms. The highest BCUT2D eigenvalue weighted by Gasteiger charge is 2.30. The van der Waals surface area contributed by atoms with Crippen LogP contribution >= 0.6 is 0 Å². The lowest BCUT2D eigenvalue weighted by molar-refractivity contribution is 0.0516. The van der Waals surface area contributed by atoms with Gasteiger partial charge in [0.2, 0.25) is 0 Å². The maximum atomic E-state index is 11.8. The average Bonchev–Trinajstić information content (AvgIpc) is 2.84. The number of nitrogens with one attached hydrogen (secondary N) is 2. The van der Waals surface area contributed by atoms with Gasteiger partial charge in [0, 0.05) is 18.6 Å². The second-order valence-corrected chi connectivity index (χ2v) is 8.30. The lowest BCUT2D eigenvalue weighted by Gasteiger charge is -2.32. The van der Waals surface area contributed by atoms with Crippen LogP contribution in [0, 0.1) is 11.8 Å². The lowest BCUT2D eigenvalue weighted by Crippen LogP contribution is -2.45. The standard InChI is InChI=1S/C18H34N2O2/c1-13-8-10-15(11-9-13)20-16-7-5-6-14(16)12-19-17(21)22-18(2,3)4/h13-16,20H,5-12H2,1-4H3,(H,19,21). The van der Waals surface area contributed by atoms with Gasteiger partial charge in [-0.1, -0.05) is 13.3 Å². The highest BCUT2D eigenvalue weighted by Crippen LogP contribution is 2.29. The van der Waals surface area contributed by atoms with Gasteiger partial charge in [0.1, 0.15) is 5.60 Å². The summed E-state index contributed by atoms with van der Waals surface area (Å²) in [4.78, 5) is 11.8. The first-order valence-corrected chi connectivity index (χ1v) is 9.06. The Labute approximate surface area is 135 Å². The predicted molar refractivity (Wildman–Crippen MR) is 89.9 cm³/mol. The molecule has 2 aliphatic carbocycles. The summed E-state index contributed by atoms with van der Waals surface area (Å²) in [5.41, 5.74) is -0.420. The Morgan fingerprint density at radius 2 is 1.77 bits per heavy atom. The van der Waals surface area contributed by atoms with E-state index in [4.69, 9.17) is 4.74 Å². The van der Waals surface area contributed by atoms with Crippen LogP contribution in [0.15, 0.2) is 0 Å². The SMILES string of the molecule is CC1CCC(NC2CCCC2CNC(=O)OC(C)(C)C)CC1. The van der Waals surface area contributed by atoms with Crippen LogP contribution in [0.1, 0.15) is 72.6 Å². The van der Waals surface area contributed by atoms with Gasteiger partial charge < -0.3 is 15.4 Å². The molecule has 0 bridgehead atoms. The van der Waals surface area contributed by atoms with Crippen molar-refractivity contribution >= 4 is 6.09 Å². The first-order chi connectivity index (χ1) is 10.3. The number of ether oxygens (including phenoxy) is 1. The second-order valence-electron chi connectivity index (χ2n) is 8.30. The molecule has 2 aliphatic rings. The van der Waals surface area contributed by atoms with Gasteiger partial charge in [-0.25, -0.2) is 4.79 Å². The van der Waals surface area contributed by atoms with Crippen molar-refractivity contribution in [3.05, 3.63) is 0 Å². The third kappa shape index (κ3) is 5.79. The van der Waals surface area contributed by atoms with Gasteiger partial charge >= 0.3 is 6.09 Å². The quantitative estimate of drug-likeness (QED) is 0.829. The maximum absolute atomic E-state index is 11.8. The lowest BCUT2D eigenvalue weighted by atomic mass is 9.86. The average molecular weight is 310 g/mol. The van der Waals surface area contributed by atoms with E-state index in [1.165, 1.54) is 44.9 Å². The van der Waals surface area contributed by atoms with Crippen LogP contribution in [0.5, 0.6) is 0 Å². The van der Waals surface area contributed by atoms with Gasteiger partial charge in [-0.05, 0) is 71.1 Å². The zero-order valence-electron chi connectivity index (χ0n) is 14.8. The van der Waals surface area contributed by atoms with E-state index in [1.807, 2.05) is 20.8 Å². The minimum Gasteiger partial charge on any atom is -0.444 e. The van der Waals surface area contributed by atoms with E-state index in [9.17, 15) is 4.79 Å². The second kappa shape index (κ2) is 7.67. The molecule has 2 N–H and O–H groups in total. The fraction of sp³-hybridized carbons (Fsp3) is 0.944. The number of alkyl carbamates (subject to hydrolysis) is 1. The zero-order chi connectivity index (χ0) is 16.2. The molecule has 0 heterocycles. The van der Waals surface area contributed by atoms with Crippen molar-refractivity contribution in [2.75, 3.05) is 6.54 Å². The van der Waals surface area contributed by atoms with E-state index < -0.39 is 5.60 Å². The van der Waals surface area contributed by atoms with Crippen LogP contribution < -0.4 is 10.6 Å². The van der Waals surface area contributed by atoms with Crippen molar-refractivity contribution in [2.45, 2.75) is 90.3 Å². The summed E-state index contributed by atoms with van der Waals surface area (Å²) < 4.78 is 5.32. The molecule has 2 unspecified atom stereocenters. The molecule has 128 valence electrons. The molecule has 2 saturated carbocycles. The highest BCUT2D eigenvalue weighted by atomic mass is 16.6. The molecule has 22 heavy (non-hydrogen) atoms. The Bertz CT molecular complexity index is 357. The minimum absolute atomic E-state index is 0.287. The van der Waals surface area contributed by atoms with Gasteiger partial charge in [0.05, 0.1) is 0 Å². The summed E-state index contributed by atoms with van der Waals surface area (Å²) >= 11 is 0. The van der Waals surface area contributed by atoms with Crippen LogP contribution in [0.25, 0.3) is 0 Å². The summed E-state index contributed by atoms with van der Waals surface area (Å²) in [6.45, 7) is 8.79. The van der Waals surface area contributed by atoms with Crippen LogP contribution in [0.3, 0.4) is 0 Å². The molecular weight excluding hydrogens is 276 g/mol. The van der Waals surface area contributed by atoms with Crippen molar-refractivity contribution in [1.82, 2.24) is 10.6 Å². The Morgan fingerprint density at radius 1 is 1.09 bits per heavy atom. The number of rotatable bonds is 4. The Hall–Kier alpha value is -0.770. The van der Waals surface area contributed by atoms with E-state index in [0.29, 0.717) is 18.0 Å². The van der Waals surface area contributed by atoms with Crippen LogP contribution in [-0.2, 0) is 4.74 Å². The molecule has 2 rings (SSSR count). The first kappa shape index (κ1) is 17.6. The maximum Gasteiger partial charge on any atom is 0.407 e. The van der Waals surface area contributed by atoms with Gasteiger partial charge in [-0.2, -0.15) is 0 Å². The Kier molecular flexibility index (Phi) is 6.13. The van der Waals surface area contributed by atoms with Gasteiger partial charge in [0.25, 0.3) is 0 Å². The number of amides is 1. The first-order valence-electron chi connectivity index (χ1n) is 9.06. The predicted octanol–water partition coefficient (Wildman–Crippen LogP) is 3.85. The summed E-state index contributed by atoms with van der Waals surface area (Å²) in [5.74, 6) is 1.44. The number of carbonyl (C=O) groups excluding carboxylic acids is 1. The molecule has 4 nitrogen and oxygen atoms in total. The zero-order valence-corrected chi connectivity index (χ0v) is 14.8.